The smallest absolute Gasteiger partial charge is 0.322 e. The Morgan fingerprint density at radius 1 is 1.18 bits per heavy atom. The van der Waals surface area contributed by atoms with E-state index in [2.05, 4.69) is 31.3 Å². The number of aliphatic carboxylic acids is 1. The van der Waals surface area contributed by atoms with Gasteiger partial charge in [-0.1, -0.05) is 5.21 Å². The lowest BCUT2D eigenvalue weighted by Gasteiger charge is -2.06. The van der Waals surface area contributed by atoms with Gasteiger partial charge in [0.1, 0.15) is 6.54 Å². The monoisotopic (exact) mass is 304 g/mol. The second-order valence-electron chi connectivity index (χ2n) is 4.21. The van der Waals surface area contributed by atoms with Crippen LogP contribution in [0, 0.1) is 0 Å². The van der Waals surface area contributed by atoms with Crippen molar-refractivity contribution in [1.29, 1.82) is 0 Å². The summed E-state index contributed by atoms with van der Waals surface area (Å²) in [6, 6.07) is 6.01. The number of tetrazole rings is 1. The van der Waals surface area contributed by atoms with E-state index in [4.69, 9.17) is 5.11 Å². The van der Waals surface area contributed by atoms with E-state index in [0.29, 0.717) is 5.69 Å². The third kappa shape index (κ3) is 4.37. The van der Waals surface area contributed by atoms with Gasteiger partial charge in [-0.15, -0.1) is 10.2 Å². The molecule has 0 fully saturated rings. The summed E-state index contributed by atoms with van der Waals surface area (Å²) in [7, 11) is 0. The SMILES string of the molecule is O=C(O)CNC(=O)c1ccc(NC(=O)Cc2nn[nH]n2)cc1. The van der Waals surface area contributed by atoms with Crippen molar-refractivity contribution in [3.8, 4) is 0 Å². The average molecular weight is 304 g/mol. The van der Waals surface area contributed by atoms with Crippen LogP contribution < -0.4 is 10.6 Å². The van der Waals surface area contributed by atoms with Gasteiger partial charge in [-0.2, -0.15) is 5.21 Å². The highest BCUT2D eigenvalue weighted by molar-refractivity contribution is 5.97. The highest BCUT2D eigenvalue weighted by Crippen LogP contribution is 2.10. The standard InChI is InChI=1S/C12H12N6O4/c19-10(5-9-15-17-18-16-9)14-8-3-1-7(2-4-8)12(22)13-6-11(20)21/h1-4H,5-6H2,(H,13,22)(H,14,19)(H,20,21)(H,15,16,17,18). The Morgan fingerprint density at radius 2 is 1.91 bits per heavy atom. The molecule has 2 amide bonds. The van der Waals surface area contributed by atoms with Crippen LogP contribution in [-0.4, -0.2) is 50.1 Å². The Bertz CT molecular complexity index is 667. The minimum Gasteiger partial charge on any atom is -0.480 e. The zero-order valence-electron chi connectivity index (χ0n) is 11.2. The first kappa shape index (κ1) is 15.1. The van der Waals surface area contributed by atoms with Crippen molar-refractivity contribution >= 4 is 23.5 Å². The second-order valence-corrected chi connectivity index (χ2v) is 4.21. The van der Waals surface area contributed by atoms with Crippen molar-refractivity contribution in [1.82, 2.24) is 25.9 Å². The molecule has 0 atom stereocenters. The number of carbonyl (C=O) groups is 3. The van der Waals surface area contributed by atoms with E-state index in [-0.39, 0.29) is 23.7 Å². The van der Waals surface area contributed by atoms with Gasteiger partial charge in [0.25, 0.3) is 5.91 Å². The number of hydrogen-bond acceptors (Lipinski definition) is 6. The number of anilines is 1. The summed E-state index contributed by atoms with van der Waals surface area (Å²) in [4.78, 5) is 33.7. The molecule has 0 bridgehead atoms. The molecule has 0 aliphatic rings. The lowest BCUT2D eigenvalue weighted by atomic mass is 10.2. The van der Waals surface area contributed by atoms with Crippen LogP contribution in [0.4, 0.5) is 5.69 Å². The highest BCUT2D eigenvalue weighted by Gasteiger charge is 2.09. The molecule has 1 aromatic heterocycles. The van der Waals surface area contributed by atoms with Crippen molar-refractivity contribution in [2.24, 2.45) is 0 Å². The third-order valence-corrected chi connectivity index (χ3v) is 2.54. The Labute approximate surface area is 123 Å². The average Bonchev–Trinajstić information content (AvgIpc) is 2.98. The molecule has 22 heavy (non-hydrogen) atoms. The zero-order chi connectivity index (χ0) is 15.9. The third-order valence-electron chi connectivity index (χ3n) is 2.54. The summed E-state index contributed by atoms with van der Waals surface area (Å²) < 4.78 is 0. The number of amides is 2. The number of hydrogen-bond donors (Lipinski definition) is 4. The van der Waals surface area contributed by atoms with E-state index in [1.807, 2.05) is 0 Å². The van der Waals surface area contributed by atoms with Crippen LogP contribution in [0.5, 0.6) is 0 Å². The fourth-order valence-corrected chi connectivity index (χ4v) is 1.57. The van der Waals surface area contributed by atoms with E-state index < -0.39 is 18.4 Å². The molecule has 0 aliphatic heterocycles. The molecule has 0 unspecified atom stereocenters. The van der Waals surface area contributed by atoms with Crippen molar-refractivity contribution in [2.45, 2.75) is 6.42 Å². The van der Waals surface area contributed by atoms with E-state index >= 15 is 0 Å². The number of carbonyl (C=O) groups excluding carboxylic acids is 2. The number of H-pyrrole nitrogens is 1. The molecule has 2 rings (SSSR count). The van der Waals surface area contributed by atoms with E-state index in [1.165, 1.54) is 24.3 Å². The Kier molecular flexibility index (Phi) is 4.75. The minimum absolute atomic E-state index is 0.0304. The van der Waals surface area contributed by atoms with E-state index in [0.717, 1.165) is 0 Å². The number of benzene rings is 1. The minimum atomic E-state index is -1.13. The first-order chi connectivity index (χ1) is 10.5. The number of carboxylic acid groups (broad SMARTS) is 1. The molecule has 10 heteroatoms. The van der Waals surface area contributed by atoms with Crippen LogP contribution in [0.2, 0.25) is 0 Å². The maximum absolute atomic E-state index is 11.7. The van der Waals surface area contributed by atoms with Crippen LogP contribution >= 0.6 is 0 Å². The van der Waals surface area contributed by atoms with Crippen molar-refractivity contribution in [3.05, 3.63) is 35.7 Å². The van der Waals surface area contributed by atoms with Crippen LogP contribution in [0.25, 0.3) is 0 Å². The molecule has 2 aromatic rings. The normalized spacial score (nSPS) is 10.0. The molecule has 1 heterocycles. The Hall–Kier alpha value is -3.30. The van der Waals surface area contributed by atoms with Gasteiger partial charge in [0, 0.05) is 11.3 Å². The molecule has 0 saturated heterocycles. The number of nitrogens with zero attached hydrogens (tertiary/aromatic N) is 3. The molecule has 10 nitrogen and oxygen atoms in total. The maximum atomic E-state index is 11.7. The highest BCUT2D eigenvalue weighted by atomic mass is 16.4. The molecule has 0 aliphatic carbocycles. The largest absolute Gasteiger partial charge is 0.480 e. The van der Waals surface area contributed by atoms with Gasteiger partial charge in [-0.3, -0.25) is 14.4 Å². The first-order valence-electron chi connectivity index (χ1n) is 6.17. The lowest BCUT2D eigenvalue weighted by Crippen LogP contribution is -2.29. The van der Waals surface area contributed by atoms with Gasteiger partial charge >= 0.3 is 5.97 Å². The van der Waals surface area contributed by atoms with E-state index in [1.54, 1.807) is 0 Å². The molecular weight excluding hydrogens is 292 g/mol. The molecule has 4 N–H and O–H groups in total. The molecule has 0 radical (unpaired) electrons. The van der Waals surface area contributed by atoms with Gasteiger partial charge in [-0.05, 0) is 24.3 Å². The summed E-state index contributed by atoms with van der Waals surface area (Å²) >= 11 is 0. The molecule has 1 aromatic carbocycles. The van der Waals surface area contributed by atoms with Gasteiger partial charge in [-0.25, -0.2) is 0 Å². The summed E-state index contributed by atoms with van der Waals surface area (Å²) in [5.74, 6) is -1.70. The topological polar surface area (TPSA) is 150 Å². The Balaban J connectivity index is 1.89. The second kappa shape index (κ2) is 6.92. The van der Waals surface area contributed by atoms with E-state index in [9.17, 15) is 14.4 Å². The molecule has 0 spiro atoms. The van der Waals surface area contributed by atoms with Gasteiger partial charge in [0.05, 0.1) is 6.42 Å². The fourth-order valence-electron chi connectivity index (χ4n) is 1.57. The number of aromatic nitrogens is 4. The van der Waals surface area contributed by atoms with Crippen molar-refractivity contribution in [2.75, 3.05) is 11.9 Å². The molecule has 0 saturated carbocycles. The van der Waals surface area contributed by atoms with Crippen LogP contribution in [0.1, 0.15) is 16.2 Å². The molecular formula is C12H12N6O4. The van der Waals surface area contributed by atoms with Gasteiger partial charge in [0.15, 0.2) is 5.82 Å². The summed E-state index contributed by atoms with van der Waals surface area (Å²) in [5, 5.41) is 26.2. The number of nitrogens with one attached hydrogen (secondary N) is 3. The number of carboxylic acids is 1. The Morgan fingerprint density at radius 3 is 2.50 bits per heavy atom. The maximum Gasteiger partial charge on any atom is 0.322 e. The summed E-state index contributed by atoms with van der Waals surface area (Å²) in [6.45, 7) is -0.456. The van der Waals surface area contributed by atoms with Crippen LogP contribution in [0.15, 0.2) is 24.3 Å². The van der Waals surface area contributed by atoms with Gasteiger partial charge < -0.3 is 15.7 Å². The van der Waals surface area contributed by atoms with Gasteiger partial charge in [0.2, 0.25) is 5.91 Å². The summed E-state index contributed by atoms with van der Waals surface area (Å²) in [5.41, 5.74) is 0.778. The number of aromatic amines is 1. The van der Waals surface area contributed by atoms with Crippen LogP contribution in [-0.2, 0) is 16.0 Å². The zero-order valence-corrected chi connectivity index (χ0v) is 11.2. The number of rotatable bonds is 6. The van der Waals surface area contributed by atoms with Crippen molar-refractivity contribution < 1.29 is 19.5 Å². The summed E-state index contributed by atoms with van der Waals surface area (Å²) in [6.07, 6.45) is -0.0304. The predicted molar refractivity (Wildman–Crippen MR) is 72.9 cm³/mol. The predicted octanol–water partition coefficient (Wildman–Crippen LogP) is -0.805. The lowest BCUT2D eigenvalue weighted by molar-refractivity contribution is -0.135. The molecule has 114 valence electrons. The van der Waals surface area contributed by atoms with Crippen molar-refractivity contribution in [3.63, 3.8) is 0 Å². The first-order valence-corrected chi connectivity index (χ1v) is 6.17. The van der Waals surface area contributed by atoms with Crippen LogP contribution in [0.3, 0.4) is 0 Å². The fraction of sp³-hybridized carbons (Fsp3) is 0.167. The quantitative estimate of drug-likeness (QED) is 0.545.